The smallest absolute Gasteiger partial charge is 0.298 e. The topological polar surface area (TPSA) is 78.5 Å². The lowest BCUT2D eigenvalue weighted by Gasteiger charge is -2.20. The molecular weight excluding hydrogens is 431 g/mol. The Morgan fingerprint density at radius 2 is 1.72 bits per heavy atom. The van der Waals surface area contributed by atoms with Gasteiger partial charge in [-0.1, -0.05) is 37.6 Å². The van der Waals surface area contributed by atoms with Crippen molar-refractivity contribution in [2.75, 3.05) is 18.5 Å². The SMILES string of the molecule is CCN(CC)S(=O)(=O)c1cc(C(=O)NNc2ccccc2C(F)(F)F)ccc1Cl. The van der Waals surface area contributed by atoms with Crippen molar-refractivity contribution in [3.63, 3.8) is 0 Å². The van der Waals surface area contributed by atoms with Crippen LogP contribution in [-0.2, 0) is 16.2 Å². The van der Waals surface area contributed by atoms with Crippen molar-refractivity contribution in [1.29, 1.82) is 0 Å². The minimum atomic E-state index is -4.61. The van der Waals surface area contributed by atoms with Gasteiger partial charge in [0.15, 0.2) is 0 Å². The zero-order valence-electron chi connectivity index (χ0n) is 15.5. The zero-order valence-corrected chi connectivity index (χ0v) is 17.1. The van der Waals surface area contributed by atoms with Crippen LogP contribution in [0.2, 0.25) is 5.02 Å². The van der Waals surface area contributed by atoms with Gasteiger partial charge >= 0.3 is 6.18 Å². The lowest BCUT2D eigenvalue weighted by molar-refractivity contribution is -0.137. The van der Waals surface area contributed by atoms with Crippen molar-refractivity contribution in [2.24, 2.45) is 0 Å². The second-order valence-electron chi connectivity index (χ2n) is 5.86. The molecule has 0 aliphatic carbocycles. The van der Waals surface area contributed by atoms with Crippen molar-refractivity contribution >= 4 is 33.2 Å². The van der Waals surface area contributed by atoms with E-state index in [1.54, 1.807) is 13.8 Å². The number of sulfonamides is 1. The monoisotopic (exact) mass is 449 g/mol. The third kappa shape index (κ3) is 5.20. The molecule has 11 heteroatoms. The number of hydrazine groups is 1. The molecule has 1 amide bonds. The van der Waals surface area contributed by atoms with Gasteiger partial charge in [0.05, 0.1) is 16.3 Å². The third-order valence-electron chi connectivity index (χ3n) is 4.06. The van der Waals surface area contributed by atoms with Crippen molar-refractivity contribution in [3.8, 4) is 0 Å². The van der Waals surface area contributed by atoms with Gasteiger partial charge in [-0.3, -0.25) is 15.6 Å². The summed E-state index contributed by atoms with van der Waals surface area (Å²) in [4.78, 5) is 12.1. The molecule has 6 nitrogen and oxygen atoms in total. The van der Waals surface area contributed by atoms with Gasteiger partial charge < -0.3 is 0 Å². The molecule has 2 aromatic rings. The van der Waals surface area contributed by atoms with Crippen LogP contribution in [0.1, 0.15) is 29.8 Å². The van der Waals surface area contributed by atoms with Crippen molar-refractivity contribution in [1.82, 2.24) is 9.73 Å². The van der Waals surface area contributed by atoms with Gasteiger partial charge in [0.25, 0.3) is 5.91 Å². The number of hydrogen-bond acceptors (Lipinski definition) is 4. The molecule has 0 radical (unpaired) electrons. The first-order valence-corrected chi connectivity index (χ1v) is 10.4. The average molecular weight is 450 g/mol. The van der Waals surface area contributed by atoms with E-state index in [2.05, 4.69) is 10.9 Å². The summed E-state index contributed by atoms with van der Waals surface area (Å²) >= 11 is 6.01. The number of carbonyl (C=O) groups excluding carboxylic acids is 1. The van der Waals surface area contributed by atoms with E-state index < -0.39 is 27.7 Å². The van der Waals surface area contributed by atoms with E-state index in [1.807, 2.05) is 0 Å². The van der Waals surface area contributed by atoms with Crippen molar-refractivity contribution in [3.05, 3.63) is 58.6 Å². The number of hydrogen-bond donors (Lipinski definition) is 2. The Kier molecular flexibility index (Phi) is 7.15. The Morgan fingerprint density at radius 1 is 1.10 bits per heavy atom. The molecule has 0 heterocycles. The molecule has 2 aromatic carbocycles. The van der Waals surface area contributed by atoms with Gasteiger partial charge in [0, 0.05) is 18.7 Å². The first-order valence-electron chi connectivity index (χ1n) is 8.54. The normalized spacial score (nSPS) is 12.1. The molecule has 2 N–H and O–H groups in total. The summed E-state index contributed by atoms with van der Waals surface area (Å²) in [5.41, 5.74) is 2.97. The van der Waals surface area contributed by atoms with Crippen LogP contribution in [-0.4, -0.2) is 31.7 Å². The van der Waals surface area contributed by atoms with Crippen LogP contribution in [0.5, 0.6) is 0 Å². The maximum atomic E-state index is 13.0. The Morgan fingerprint density at radius 3 is 2.31 bits per heavy atom. The summed E-state index contributed by atoms with van der Waals surface area (Å²) in [6, 6.07) is 8.22. The van der Waals surface area contributed by atoms with E-state index in [1.165, 1.54) is 28.6 Å². The summed E-state index contributed by atoms with van der Waals surface area (Å²) < 4.78 is 65.6. The van der Waals surface area contributed by atoms with Crippen LogP contribution in [0.25, 0.3) is 0 Å². The van der Waals surface area contributed by atoms with E-state index in [4.69, 9.17) is 11.6 Å². The van der Waals surface area contributed by atoms with Crippen LogP contribution in [0.4, 0.5) is 18.9 Å². The summed E-state index contributed by atoms with van der Waals surface area (Å²) in [5, 5.41) is -0.0659. The van der Waals surface area contributed by atoms with Gasteiger partial charge in [-0.25, -0.2) is 8.42 Å². The standard InChI is InChI=1S/C18H19ClF3N3O3S/c1-3-25(4-2)29(27,28)16-11-12(9-10-14(16)19)17(26)24-23-15-8-6-5-7-13(15)18(20,21)22/h5-11,23H,3-4H2,1-2H3,(H,24,26). The maximum absolute atomic E-state index is 13.0. The summed E-state index contributed by atoms with van der Waals surface area (Å²) in [5.74, 6) is -0.824. The zero-order chi connectivity index (χ0) is 21.8. The number of para-hydroxylation sites is 1. The predicted octanol–water partition coefficient (Wildman–Crippen LogP) is 4.15. The molecule has 0 atom stereocenters. The molecule has 0 bridgehead atoms. The van der Waals surface area contributed by atoms with Gasteiger partial charge in [-0.2, -0.15) is 17.5 Å². The lowest BCUT2D eigenvalue weighted by Crippen LogP contribution is -2.32. The Labute approximate surface area is 171 Å². The molecule has 29 heavy (non-hydrogen) atoms. The van der Waals surface area contributed by atoms with E-state index in [0.717, 1.165) is 18.2 Å². The quantitative estimate of drug-likeness (QED) is 0.622. The van der Waals surface area contributed by atoms with Gasteiger partial charge in [0.1, 0.15) is 4.90 Å². The molecule has 2 rings (SSSR count). The number of alkyl halides is 3. The number of amides is 1. The number of nitrogens with one attached hydrogen (secondary N) is 2. The Balaban J connectivity index is 2.28. The van der Waals surface area contributed by atoms with E-state index in [0.29, 0.717) is 0 Å². The van der Waals surface area contributed by atoms with Crippen LogP contribution in [0.15, 0.2) is 47.4 Å². The lowest BCUT2D eigenvalue weighted by atomic mass is 10.2. The molecule has 0 saturated carbocycles. The molecule has 0 aliphatic heterocycles. The summed E-state index contributed by atoms with van der Waals surface area (Å²) in [6.07, 6.45) is -4.61. The maximum Gasteiger partial charge on any atom is 0.418 e. The molecule has 0 saturated heterocycles. The van der Waals surface area contributed by atoms with Crippen molar-refractivity contribution < 1.29 is 26.4 Å². The third-order valence-corrected chi connectivity index (χ3v) is 6.59. The van der Waals surface area contributed by atoms with Gasteiger partial charge in [0.2, 0.25) is 10.0 Å². The Bertz CT molecular complexity index is 993. The van der Waals surface area contributed by atoms with E-state index in [-0.39, 0.29) is 34.3 Å². The number of anilines is 1. The first kappa shape index (κ1) is 23.0. The fourth-order valence-electron chi connectivity index (χ4n) is 2.58. The average Bonchev–Trinajstić information content (AvgIpc) is 2.66. The van der Waals surface area contributed by atoms with Crippen molar-refractivity contribution in [2.45, 2.75) is 24.9 Å². The highest BCUT2D eigenvalue weighted by atomic mass is 35.5. The van der Waals surface area contributed by atoms with Crippen LogP contribution >= 0.6 is 11.6 Å². The number of halogens is 4. The molecule has 0 aliphatic rings. The highest BCUT2D eigenvalue weighted by Crippen LogP contribution is 2.34. The fourth-order valence-corrected chi connectivity index (χ4v) is 4.54. The second-order valence-corrected chi connectivity index (χ2v) is 8.17. The molecule has 0 spiro atoms. The van der Waals surface area contributed by atoms with Crippen LogP contribution in [0.3, 0.4) is 0 Å². The van der Waals surface area contributed by atoms with E-state index in [9.17, 15) is 26.4 Å². The largest absolute Gasteiger partial charge is 0.418 e. The van der Waals surface area contributed by atoms with E-state index >= 15 is 0 Å². The minimum Gasteiger partial charge on any atom is -0.298 e. The summed E-state index contributed by atoms with van der Waals surface area (Å²) in [7, 11) is -3.93. The molecular formula is C18H19ClF3N3O3S. The predicted molar refractivity (Wildman–Crippen MR) is 104 cm³/mol. The van der Waals surface area contributed by atoms with Crippen LogP contribution in [0, 0.1) is 0 Å². The molecule has 0 fully saturated rings. The number of rotatable bonds is 7. The fraction of sp³-hybridized carbons (Fsp3) is 0.278. The second kappa shape index (κ2) is 9.02. The number of benzene rings is 2. The Hall–Kier alpha value is -2.30. The van der Waals surface area contributed by atoms with Gasteiger partial charge in [-0.05, 0) is 30.3 Å². The first-order chi connectivity index (χ1) is 13.5. The van der Waals surface area contributed by atoms with Crippen LogP contribution < -0.4 is 10.9 Å². The number of nitrogens with zero attached hydrogens (tertiary/aromatic N) is 1. The minimum absolute atomic E-state index is 0.0659. The summed E-state index contributed by atoms with van der Waals surface area (Å²) in [6.45, 7) is 3.74. The van der Waals surface area contributed by atoms with Gasteiger partial charge in [-0.15, -0.1) is 0 Å². The molecule has 0 aromatic heterocycles. The molecule has 0 unspecified atom stereocenters. The molecule has 158 valence electrons. The highest BCUT2D eigenvalue weighted by molar-refractivity contribution is 7.89. The highest BCUT2D eigenvalue weighted by Gasteiger charge is 2.33. The number of carbonyl (C=O) groups is 1.